The normalized spacial score (nSPS) is 13.3. The van der Waals surface area contributed by atoms with Crippen molar-refractivity contribution in [3.63, 3.8) is 0 Å². The Bertz CT molecular complexity index is 657. The van der Waals surface area contributed by atoms with Gasteiger partial charge < -0.3 is 9.63 Å². The van der Waals surface area contributed by atoms with Gasteiger partial charge in [-0.25, -0.2) is 8.42 Å². The molecule has 1 N–H and O–H groups in total. The number of aromatic nitrogens is 1. The maximum Gasteiger partial charge on any atom is 0.159 e. The lowest BCUT2D eigenvalue weighted by molar-refractivity contribution is 0.201. The van der Waals surface area contributed by atoms with E-state index in [1.54, 1.807) is 12.1 Å². The summed E-state index contributed by atoms with van der Waals surface area (Å²) in [5.41, 5.74) is 2.95. The molecule has 0 aliphatic heterocycles. The lowest BCUT2D eigenvalue weighted by Crippen LogP contribution is -2.16. The smallest absolute Gasteiger partial charge is 0.159 e. The summed E-state index contributed by atoms with van der Waals surface area (Å²) in [6.07, 6.45) is 0.288. The molecule has 0 bridgehead atoms. The van der Waals surface area contributed by atoms with Crippen molar-refractivity contribution in [2.45, 2.75) is 25.7 Å². The fraction of sp³-hybridized carbons (Fsp3) is 0.357. The number of aryl methyl sites for hydroxylation is 2. The Kier molecular flexibility index (Phi) is 4.25. The number of rotatable bonds is 5. The molecule has 0 radical (unpaired) electrons. The summed E-state index contributed by atoms with van der Waals surface area (Å²) >= 11 is 0. The highest BCUT2D eigenvalue weighted by atomic mass is 32.2. The van der Waals surface area contributed by atoms with Crippen LogP contribution in [0, 0.1) is 13.8 Å². The predicted octanol–water partition coefficient (Wildman–Crippen LogP) is 1.94. The second-order valence-corrected chi connectivity index (χ2v) is 7.09. The zero-order valence-electron chi connectivity index (χ0n) is 11.4. The number of hydrogen-bond donors (Lipinski definition) is 1. The average molecular weight is 295 g/mol. The number of benzene rings is 1. The van der Waals surface area contributed by atoms with Gasteiger partial charge >= 0.3 is 0 Å². The van der Waals surface area contributed by atoms with Crippen molar-refractivity contribution in [1.29, 1.82) is 0 Å². The maximum atomic E-state index is 12.0. The highest BCUT2D eigenvalue weighted by molar-refractivity contribution is 7.90. The highest BCUT2D eigenvalue weighted by Crippen LogP contribution is 2.20. The maximum absolute atomic E-state index is 12.0. The minimum absolute atomic E-state index is 0.231. The fourth-order valence-electron chi connectivity index (χ4n) is 2.14. The van der Waals surface area contributed by atoms with Gasteiger partial charge in [-0.05, 0) is 19.4 Å². The fourth-order valence-corrected chi connectivity index (χ4v) is 3.53. The Morgan fingerprint density at radius 3 is 2.45 bits per heavy atom. The van der Waals surface area contributed by atoms with Crippen molar-refractivity contribution >= 4 is 9.84 Å². The molecule has 5 nitrogen and oxygen atoms in total. The van der Waals surface area contributed by atoms with Gasteiger partial charge in [-0.1, -0.05) is 34.5 Å². The summed E-state index contributed by atoms with van der Waals surface area (Å²) in [6, 6.07) is 7.06. The third kappa shape index (κ3) is 3.91. The number of nitrogens with zero attached hydrogens (tertiary/aromatic N) is 1. The second kappa shape index (κ2) is 5.76. The van der Waals surface area contributed by atoms with Crippen LogP contribution in [0.25, 0.3) is 0 Å². The first-order chi connectivity index (χ1) is 9.35. The summed E-state index contributed by atoms with van der Waals surface area (Å²) in [5.74, 6) is -0.561. The van der Waals surface area contributed by atoms with Gasteiger partial charge in [0.2, 0.25) is 0 Å². The third-order valence-corrected chi connectivity index (χ3v) is 4.46. The van der Waals surface area contributed by atoms with Crippen LogP contribution in [0.4, 0.5) is 0 Å². The van der Waals surface area contributed by atoms with E-state index >= 15 is 0 Å². The second-order valence-electron chi connectivity index (χ2n) is 4.98. The molecule has 0 spiro atoms. The van der Waals surface area contributed by atoms with E-state index in [4.69, 9.17) is 0 Å². The number of sulfone groups is 1. The predicted molar refractivity (Wildman–Crippen MR) is 74.9 cm³/mol. The minimum Gasteiger partial charge on any atom is -0.387 e. The van der Waals surface area contributed by atoms with Gasteiger partial charge in [0.25, 0.3) is 0 Å². The standard InChI is InChI=1S/C14H17NO4S/c1-10-5-11(2)7-12(6-10)14(16)9-20(17,18)8-13-3-4-19-15-13/h3-7,14,16H,8-9H2,1-2H3. The van der Waals surface area contributed by atoms with Crippen LogP contribution in [0.2, 0.25) is 0 Å². The first-order valence-corrected chi connectivity index (χ1v) is 8.04. The van der Waals surface area contributed by atoms with E-state index in [0.717, 1.165) is 11.1 Å². The minimum atomic E-state index is -3.45. The summed E-state index contributed by atoms with van der Waals surface area (Å²) in [6.45, 7) is 3.82. The Labute approximate surface area is 118 Å². The molecular weight excluding hydrogens is 278 g/mol. The Morgan fingerprint density at radius 1 is 1.25 bits per heavy atom. The summed E-state index contributed by atoms with van der Waals surface area (Å²) in [5, 5.41) is 13.7. The molecule has 2 rings (SSSR count). The van der Waals surface area contributed by atoms with Gasteiger partial charge in [0.1, 0.15) is 6.26 Å². The first kappa shape index (κ1) is 14.7. The lowest BCUT2D eigenvalue weighted by Gasteiger charge is -2.12. The molecule has 0 saturated carbocycles. The van der Waals surface area contributed by atoms with Crippen LogP contribution in [0.15, 0.2) is 35.1 Å². The van der Waals surface area contributed by atoms with E-state index < -0.39 is 15.9 Å². The van der Waals surface area contributed by atoms with E-state index in [-0.39, 0.29) is 11.5 Å². The molecular formula is C14H17NO4S. The van der Waals surface area contributed by atoms with Gasteiger partial charge in [-0.15, -0.1) is 0 Å². The van der Waals surface area contributed by atoms with E-state index in [0.29, 0.717) is 11.3 Å². The van der Waals surface area contributed by atoms with Crippen LogP contribution >= 0.6 is 0 Å². The highest BCUT2D eigenvalue weighted by Gasteiger charge is 2.20. The number of hydrogen-bond acceptors (Lipinski definition) is 5. The van der Waals surface area contributed by atoms with Crippen LogP contribution in [-0.2, 0) is 15.6 Å². The monoisotopic (exact) mass is 295 g/mol. The zero-order valence-corrected chi connectivity index (χ0v) is 12.2. The molecule has 1 unspecified atom stereocenters. The van der Waals surface area contributed by atoms with E-state index in [9.17, 15) is 13.5 Å². The molecule has 0 aliphatic carbocycles. The van der Waals surface area contributed by atoms with Crippen LogP contribution in [0.5, 0.6) is 0 Å². The van der Waals surface area contributed by atoms with Crippen LogP contribution < -0.4 is 0 Å². The average Bonchev–Trinajstić information content (AvgIpc) is 2.78. The molecule has 20 heavy (non-hydrogen) atoms. The van der Waals surface area contributed by atoms with Crippen molar-refractivity contribution in [3.05, 3.63) is 52.9 Å². The largest absolute Gasteiger partial charge is 0.387 e. The third-order valence-electron chi connectivity index (χ3n) is 2.90. The van der Waals surface area contributed by atoms with Crippen LogP contribution in [0.1, 0.15) is 28.5 Å². The molecule has 2 aromatic rings. The van der Waals surface area contributed by atoms with Crippen molar-refractivity contribution in [2.24, 2.45) is 0 Å². The van der Waals surface area contributed by atoms with Crippen molar-refractivity contribution in [1.82, 2.24) is 5.16 Å². The summed E-state index contributed by atoms with van der Waals surface area (Å²) < 4.78 is 28.6. The number of aliphatic hydroxyl groups excluding tert-OH is 1. The Morgan fingerprint density at radius 2 is 1.90 bits per heavy atom. The molecule has 0 fully saturated rings. The van der Waals surface area contributed by atoms with Crippen LogP contribution in [-0.4, -0.2) is 24.4 Å². The van der Waals surface area contributed by atoms with Gasteiger partial charge in [0, 0.05) is 6.07 Å². The summed E-state index contributed by atoms with van der Waals surface area (Å²) in [4.78, 5) is 0. The van der Waals surface area contributed by atoms with Gasteiger partial charge in [0.05, 0.1) is 23.3 Å². The first-order valence-electron chi connectivity index (χ1n) is 6.22. The van der Waals surface area contributed by atoms with E-state index in [1.807, 2.05) is 19.9 Å². The van der Waals surface area contributed by atoms with Gasteiger partial charge in [-0.3, -0.25) is 0 Å². The molecule has 0 saturated heterocycles. The molecule has 1 aromatic heterocycles. The Balaban J connectivity index is 2.12. The van der Waals surface area contributed by atoms with E-state index in [1.165, 1.54) is 12.3 Å². The quantitative estimate of drug-likeness (QED) is 0.911. The zero-order chi connectivity index (χ0) is 14.8. The number of aliphatic hydroxyl groups is 1. The molecule has 0 amide bonds. The van der Waals surface area contributed by atoms with Crippen LogP contribution in [0.3, 0.4) is 0 Å². The molecule has 1 heterocycles. The van der Waals surface area contributed by atoms with Crippen molar-refractivity contribution in [3.8, 4) is 0 Å². The Hall–Kier alpha value is -1.66. The van der Waals surface area contributed by atoms with Gasteiger partial charge in [-0.2, -0.15) is 0 Å². The van der Waals surface area contributed by atoms with Crippen molar-refractivity contribution < 1.29 is 18.0 Å². The lowest BCUT2D eigenvalue weighted by atomic mass is 10.0. The van der Waals surface area contributed by atoms with E-state index in [2.05, 4.69) is 9.68 Å². The molecule has 108 valence electrons. The molecule has 0 aliphatic rings. The SMILES string of the molecule is Cc1cc(C)cc(C(O)CS(=O)(=O)Cc2ccon2)c1. The summed E-state index contributed by atoms with van der Waals surface area (Å²) in [7, 11) is -3.45. The molecule has 6 heteroatoms. The van der Waals surface area contributed by atoms with Crippen molar-refractivity contribution in [2.75, 3.05) is 5.75 Å². The molecule has 1 aromatic carbocycles. The molecule has 1 atom stereocenters. The topological polar surface area (TPSA) is 80.4 Å². The van der Waals surface area contributed by atoms with Gasteiger partial charge in [0.15, 0.2) is 9.84 Å².